The van der Waals surface area contributed by atoms with Crippen molar-refractivity contribution in [1.82, 2.24) is 14.8 Å². The van der Waals surface area contributed by atoms with Gasteiger partial charge in [0.25, 0.3) is 0 Å². The number of anilines is 1. The summed E-state index contributed by atoms with van der Waals surface area (Å²) in [5, 5.41) is 5.03. The molecule has 2 heterocycles. The van der Waals surface area contributed by atoms with Crippen molar-refractivity contribution >= 4 is 16.7 Å². The van der Waals surface area contributed by atoms with Gasteiger partial charge >= 0.3 is 6.18 Å². The third-order valence-corrected chi connectivity index (χ3v) is 4.48. The van der Waals surface area contributed by atoms with Gasteiger partial charge in [-0.2, -0.15) is 18.3 Å². The molecule has 0 aliphatic heterocycles. The molecule has 0 fully saturated rings. The number of aromatic nitrogens is 3. The predicted octanol–water partition coefficient (Wildman–Crippen LogP) is 3.90. The first-order valence-electron chi connectivity index (χ1n) is 7.78. The third-order valence-electron chi connectivity index (χ3n) is 4.48. The van der Waals surface area contributed by atoms with E-state index in [1.807, 2.05) is 0 Å². The van der Waals surface area contributed by atoms with Gasteiger partial charge in [0.1, 0.15) is 0 Å². The van der Waals surface area contributed by atoms with Crippen molar-refractivity contribution in [3.8, 4) is 5.69 Å². The summed E-state index contributed by atoms with van der Waals surface area (Å²) in [6.45, 7) is 0. The Morgan fingerprint density at radius 2 is 1.75 bits per heavy atom. The summed E-state index contributed by atoms with van der Waals surface area (Å²) >= 11 is 0. The minimum absolute atomic E-state index is 0.528. The highest BCUT2D eigenvalue weighted by molar-refractivity contribution is 5.90. The molecular formula is C17H15F3N4. The van der Waals surface area contributed by atoms with Crippen molar-refractivity contribution in [2.45, 2.75) is 31.9 Å². The van der Waals surface area contributed by atoms with Gasteiger partial charge in [-0.1, -0.05) is 0 Å². The molecule has 1 aliphatic rings. The highest BCUT2D eigenvalue weighted by Gasteiger charge is 2.30. The lowest BCUT2D eigenvalue weighted by molar-refractivity contribution is -0.137. The molecule has 0 saturated heterocycles. The van der Waals surface area contributed by atoms with Crippen LogP contribution in [0.1, 0.15) is 29.7 Å². The van der Waals surface area contributed by atoms with Gasteiger partial charge < -0.3 is 5.73 Å². The van der Waals surface area contributed by atoms with Crippen molar-refractivity contribution < 1.29 is 13.2 Å². The van der Waals surface area contributed by atoms with Gasteiger partial charge in [0.15, 0.2) is 5.65 Å². The average Bonchev–Trinajstić information content (AvgIpc) is 2.98. The van der Waals surface area contributed by atoms with E-state index in [-0.39, 0.29) is 0 Å². The van der Waals surface area contributed by atoms with Crippen LogP contribution in [0.3, 0.4) is 0 Å². The average molecular weight is 332 g/mol. The number of nitrogens with zero attached hydrogens (tertiary/aromatic N) is 3. The maximum Gasteiger partial charge on any atom is 0.416 e. The summed E-state index contributed by atoms with van der Waals surface area (Å²) in [6, 6.07) is 4.88. The molecule has 0 atom stereocenters. The van der Waals surface area contributed by atoms with Gasteiger partial charge in [-0.3, -0.25) is 0 Å². The second-order valence-electron chi connectivity index (χ2n) is 6.00. The van der Waals surface area contributed by atoms with Gasteiger partial charge in [-0.15, -0.1) is 0 Å². The molecule has 1 aromatic carbocycles. The van der Waals surface area contributed by atoms with E-state index in [0.29, 0.717) is 17.0 Å². The van der Waals surface area contributed by atoms with Gasteiger partial charge in [0, 0.05) is 11.4 Å². The first-order chi connectivity index (χ1) is 11.4. The van der Waals surface area contributed by atoms with E-state index in [0.717, 1.165) is 54.5 Å². The van der Waals surface area contributed by atoms with Crippen LogP contribution in [0.2, 0.25) is 0 Å². The first kappa shape index (κ1) is 15.0. The number of nitrogen functional groups attached to an aromatic ring is 1. The molecule has 0 saturated carbocycles. The monoisotopic (exact) mass is 332 g/mol. The van der Waals surface area contributed by atoms with E-state index in [2.05, 4.69) is 10.1 Å². The molecule has 0 bridgehead atoms. The Hall–Kier alpha value is -2.57. The highest BCUT2D eigenvalue weighted by atomic mass is 19.4. The summed E-state index contributed by atoms with van der Waals surface area (Å²) in [5.41, 5.74) is 9.45. The van der Waals surface area contributed by atoms with E-state index in [9.17, 15) is 13.2 Å². The molecule has 4 rings (SSSR count). The second-order valence-corrected chi connectivity index (χ2v) is 6.00. The van der Waals surface area contributed by atoms with Crippen molar-refractivity contribution in [3.05, 3.63) is 47.3 Å². The number of aryl methyl sites for hydroxylation is 1. The molecular weight excluding hydrogens is 317 g/mol. The van der Waals surface area contributed by atoms with E-state index < -0.39 is 11.7 Å². The lowest BCUT2D eigenvalue weighted by atomic mass is 9.94. The van der Waals surface area contributed by atoms with E-state index >= 15 is 0 Å². The first-order valence-corrected chi connectivity index (χ1v) is 7.78. The Kier molecular flexibility index (Phi) is 3.26. The zero-order valence-electron chi connectivity index (χ0n) is 12.8. The fourth-order valence-corrected chi connectivity index (χ4v) is 3.21. The number of hydrogen-bond acceptors (Lipinski definition) is 3. The SMILES string of the molecule is Nc1c2c(nc3c1cnn3-c1ccc(C(F)(F)F)cc1)CCCC2. The maximum absolute atomic E-state index is 12.7. The zero-order valence-corrected chi connectivity index (χ0v) is 12.8. The van der Waals surface area contributed by atoms with Crippen LogP contribution in [0.25, 0.3) is 16.7 Å². The molecule has 1 aliphatic carbocycles. The number of benzene rings is 1. The van der Waals surface area contributed by atoms with E-state index in [1.165, 1.54) is 12.1 Å². The molecule has 0 amide bonds. The Balaban J connectivity index is 1.84. The molecule has 0 spiro atoms. The van der Waals surface area contributed by atoms with Crippen LogP contribution >= 0.6 is 0 Å². The molecule has 2 N–H and O–H groups in total. The Bertz CT molecular complexity index is 910. The summed E-state index contributed by atoms with van der Waals surface area (Å²) in [7, 11) is 0. The third kappa shape index (κ3) is 2.31. The molecule has 2 aromatic heterocycles. The fourth-order valence-electron chi connectivity index (χ4n) is 3.21. The fraction of sp³-hybridized carbons (Fsp3) is 0.294. The summed E-state index contributed by atoms with van der Waals surface area (Å²) in [4.78, 5) is 4.68. The van der Waals surface area contributed by atoms with Crippen LogP contribution in [-0.4, -0.2) is 14.8 Å². The van der Waals surface area contributed by atoms with Crippen LogP contribution in [0.4, 0.5) is 18.9 Å². The van der Waals surface area contributed by atoms with E-state index in [1.54, 1.807) is 10.9 Å². The van der Waals surface area contributed by atoms with Crippen molar-refractivity contribution in [2.75, 3.05) is 5.73 Å². The standard InChI is InChI=1S/C17H15F3N4/c18-17(19,20)10-5-7-11(8-6-10)24-16-13(9-22-24)15(21)12-3-1-2-4-14(12)23-16/h5-9H,1-4H2,(H2,21,23). The van der Waals surface area contributed by atoms with Crippen molar-refractivity contribution in [3.63, 3.8) is 0 Å². The number of nitrogens with two attached hydrogens (primary N) is 1. The molecule has 0 radical (unpaired) electrons. The summed E-state index contributed by atoms with van der Waals surface area (Å²) in [6.07, 6.45) is 1.22. The number of fused-ring (bicyclic) bond motifs is 2. The number of rotatable bonds is 1. The minimum Gasteiger partial charge on any atom is -0.398 e. The Morgan fingerprint density at radius 1 is 1.04 bits per heavy atom. The van der Waals surface area contributed by atoms with Crippen LogP contribution in [-0.2, 0) is 19.0 Å². The molecule has 24 heavy (non-hydrogen) atoms. The van der Waals surface area contributed by atoms with Gasteiger partial charge in [0.05, 0.1) is 22.8 Å². The second kappa shape index (κ2) is 5.22. The largest absolute Gasteiger partial charge is 0.416 e. The zero-order chi connectivity index (χ0) is 16.9. The van der Waals surface area contributed by atoms with Crippen LogP contribution in [0.15, 0.2) is 30.5 Å². The number of alkyl halides is 3. The quantitative estimate of drug-likeness (QED) is 0.735. The Labute approximate surface area is 136 Å². The molecule has 0 unspecified atom stereocenters. The summed E-state index contributed by atoms with van der Waals surface area (Å²) in [5.74, 6) is 0. The number of halogens is 3. The molecule has 4 nitrogen and oxygen atoms in total. The van der Waals surface area contributed by atoms with Crippen molar-refractivity contribution in [2.24, 2.45) is 0 Å². The summed E-state index contributed by atoms with van der Waals surface area (Å²) < 4.78 is 39.7. The molecule has 124 valence electrons. The number of hydrogen-bond donors (Lipinski definition) is 1. The number of pyridine rings is 1. The molecule has 3 aromatic rings. The smallest absolute Gasteiger partial charge is 0.398 e. The van der Waals surface area contributed by atoms with Gasteiger partial charge in [-0.05, 0) is 55.5 Å². The van der Waals surface area contributed by atoms with Crippen molar-refractivity contribution in [1.29, 1.82) is 0 Å². The van der Waals surface area contributed by atoms with Gasteiger partial charge in [0.2, 0.25) is 0 Å². The van der Waals surface area contributed by atoms with E-state index in [4.69, 9.17) is 5.73 Å². The lowest BCUT2D eigenvalue weighted by Crippen LogP contribution is -2.10. The van der Waals surface area contributed by atoms with Gasteiger partial charge in [-0.25, -0.2) is 9.67 Å². The molecule has 7 heteroatoms. The predicted molar refractivity (Wildman–Crippen MR) is 84.9 cm³/mol. The Morgan fingerprint density at radius 3 is 2.46 bits per heavy atom. The normalized spacial score (nSPS) is 14.8. The lowest BCUT2D eigenvalue weighted by Gasteiger charge is -2.17. The van der Waals surface area contributed by atoms with Crippen LogP contribution < -0.4 is 5.73 Å². The minimum atomic E-state index is -4.35. The van der Waals surface area contributed by atoms with Crippen LogP contribution in [0, 0.1) is 0 Å². The van der Waals surface area contributed by atoms with Crippen LogP contribution in [0.5, 0.6) is 0 Å². The highest BCUT2D eigenvalue weighted by Crippen LogP contribution is 2.33. The maximum atomic E-state index is 12.7. The topological polar surface area (TPSA) is 56.7 Å².